The molecule has 2 N–H and O–H groups in total. The molecule has 0 unspecified atom stereocenters. The number of aromatic nitrogens is 3. The first-order chi connectivity index (χ1) is 16.5. The summed E-state index contributed by atoms with van der Waals surface area (Å²) in [5.41, 5.74) is -1.61. The van der Waals surface area contributed by atoms with Gasteiger partial charge in [0.2, 0.25) is 0 Å². The number of hydrogen-bond acceptors (Lipinski definition) is 4. The molecule has 192 valence electrons. The predicted octanol–water partition coefficient (Wildman–Crippen LogP) is 4.02. The Morgan fingerprint density at radius 2 is 1.69 bits per heavy atom. The van der Waals surface area contributed by atoms with Crippen molar-refractivity contribution in [3.8, 4) is 0 Å². The fraction of sp³-hybridized carbons (Fsp3) is 0.333. The number of benzene rings is 1. The standard InChI is InChI=1S/C24H25F4N5O3/c1-12-18(20(34)22(36)31-23(3,4)14-10-29-32(5)11-14)13(2)33(6)19(12)21(35)30-15-7-8-17(25)16(9-15)24(26,27)28/h7-11H,1-6H3,(H,30,35)(H,31,36). The van der Waals surface area contributed by atoms with Gasteiger partial charge in [0.1, 0.15) is 11.5 Å². The van der Waals surface area contributed by atoms with E-state index in [1.165, 1.54) is 25.5 Å². The number of aryl methyl sites for hydroxylation is 1. The van der Waals surface area contributed by atoms with Crippen LogP contribution in [-0.2, 0) is 30.6 Å². The molecule has 0 aliphatic rings. The van der Waals surface area contributed by atoms with E-state index in [4.69, 9.17) is 0 Å². The van der Waals surface area contributed by atoms with Gasteiger partial charge in [0.05, 0.1) is 22.9 Å². The van der Waals surface area contributed by atoms with Crippen LogP contribution < -0.4 is 10.6 Å². The maximum atomic E-state index is 13.6. The van der Waals surface area contributed by atoms with E-state index in [0.29, 0.717) is 23.4 Å². The SMILES string of the molecule is Cc1c(C(=O)C(=O)NC(C)(C)c2cnn(C)c2)c(C)n(C)c1C(=O)Nc1ccc(F)c(C(F)(F)F)c1. The molecule has 2 amide bonds. The van der Waals surface area contributed by atoms with Crippen molar-refractivity contribution in [3.05, 3.63) is 70.1 Å². The van der Waals surface area contributed by atoms with Crippen molar-refractivity contribution in [2.45, 2.75) is 39.4 Å². The highest BCUT2D eigenvalue weighted by atomic mass is 19.4. The van der Waals surface area contributed by atoms with Crippen molar-refractivity contribution >= 4 is 23.3 Å². The highest BCUT2D eigenvalue weighted by molar-refractivity contribution is 6.43. The Hall–Kier alpha value is -3.96. The van der Waals surface area contributed by atoms with Crippen molar-refractivity contribution in [2.24, 2.45) is 14.1 Å². The summed E-state index contributed by atoms with van der Waals surface area (Å²) in [5, 5.41) is 9.03. The van der Waals surface area contributed by atoms with Gasteiger partial charge in [-0.2, -0.15) is 18.3 Å². The minimum absolute atomic E-state index is 0.00257. The molecule has 0 bridgehead atoms. The second kappa shape index (κ2) is 9.25. The summed E-state index contributed by atoms with van der Waals surface area (Å²) in [6.45, 7) is 6.41. The number of ketones is 1. The molecule has 0 saturated heterocycles. The summed E-state index contributed by atoms with van der Waals surface area (Å²) >= 11 is 0. The van der Waals surface area contributed by atoms with E-state index in [1.54, 1.807) is 38.0 Å². The fourth-order valence-corrected chi connectivity index (χ4v) is 3.91. The van der Waals surface area contributed by atoms with Crippen LogP contribution in [0.1, 0.15) is 57.1 Å². The van der Waals surface area contributed by atoms with Crippen LogP contribution in [0.5, 0.6) is 0 Å². The zero-order valence-electron chi connectivity index (χ0n) is 20.5. The second-order valence-corrected chi connectivity index (χ2v) is 8.95. The molecule has 8 nitrogen and oxygen atoms in total. The van der Waals surface area contributed by atoms with Crippen LogP contribution in [0.4, 0.5) is 23.2 Å². The third-order valence-electron chi connectivity index (χ3n) is 5.96. The number of anilines is 1. The summed E-state index contributed by atoms with van der Waals surface area (Å²) < 4.78 is 55.6. The molecule has 0 aliphatic heterocycles. The molecule has 3 aromatic rings. The quantitative estimate of drug-likeness (QED) is 0.299. The Bertz CT molecular complexity index is 1370. The second-order valence-electron chi connectivity index (χ2n) is 8.95. The Balaban J connectivity index is 1.89. The van der Waals surface area contributed by atoms with Gasteiger partial charge < -0.3 is 15.2 Å². The van der Waals surface area contributed by atoms with Crippen LogP contribution in [0.2, 0.25) is 0 Å². The number of rotatable bonds is 6. The van der Waals surface area contributed by atoms with Crippen LogP contribution in [0.3, 0.4) is 0 Å². The van der Waals surface area contributed by atoms with Crippen molar-refractivity contribution in [1.82, 2.24) is 19.7 Å². The van der Waals surface area contributed by atoms with E-state index in [2.05, 4.69) is 15.7 Å². The lowest BCUT2D eigenvalue weighted by Crippen LogP contribution is -2.44. The first kappa shape index (κ1) is 26.6. The monoisotopic (exact) mass is 507 g/mol. The maximum absolute atomic E-state index is 13.6. The number of nitrogens with zero attached hydrogens (tertiary/aromatic N) is 3. The highest BCUT2D eigenvalue weighted by Crippen LogP contribution is 2.33. The molecular weight excluding hydrogens is 482 g/mol. The number of alkyl halides is 3. The largest absolute Gasteiger partial charge is 0.419 e. The van der Waals surface area contributed by atoms with Gasteiger partial charge in [0.15, 0.2) is 0 Å². The summed E-state index contributed by atoms with van der Waals surface area (Å²) in [6.07, 6.45) is -1.68. The van der Waals surface area contributed by atoms with Gasteiger partial charge in [-0.25, -0.2) is 4.39 Å². The molecule has 1 aromatic carbocycles. The molecular formula is C24H25F4N5O3. The Labute approximate surface area is 204 Å². The van der Waals surface area contributed by atoms with Gasteiger partial charge in [-0.15, -0.1) is 0 Å². The Morgan fingerprint density at radius 1 is 1.06 bits per heavy atom. The Morgan fingerprint density at radius 3 is 2.25 bits per heavy atom. The zero-order valence-corrected chi connectivity index (χ0v) is 20.5. The first-order valence-corrected chi connectivity index (χ1v) is 10.7. The summed E-state index contributed by atoms with van der Waals surface area (Å²) in [4.78, 5) is 38.9. The summed E-state index contributed by atoms with van der Waals surface area (Å²) in [5.74, 6) is -4.08. The molecule has 0 saturated carbocycles. The lowest BCUT2D eigenvalue weighted by Gasteiger charge is -2.24. The van der Waals surface area contributed by atoms with Gasteiger partial charge in [-0.1, -0.05) is 0 Å². The topological polar surface area (TPSA) is 98.0 Å². The molecule has 0 spiro atoms. The molecule has 0 aliphatic carbocycles. The fourth-order valence-electron chi connectivity index (χ4n) is 3.91. The number of hydrogen-bond donors (Lipinski definition) is 2. The van der Waals surface area contributed by atoms with Gasteiger partial charge in [-0.05, 0) is 51.5 Å². The maximum Gasteiger partial charge on any atom is 0.419 e. The van der Waals surface area contributed by atoms with Crippen molar-refractivity contribution in [3.63, 3.8) is 0 Å². The number of carbonyl (C=O) groups excluding carboxylic acids is 3. The molecule has 2 heterocycles. The van der Waals surface area contributed by atoms with E-state index in [9.17, 15) is 31.9 Å². The highest BCUT2D eigenvalue weighted by Gasteiger charge is 2.35. The van der Waals surface area contributed by atoms with E-state index in [1.807, 2.05) is 0 Å². The van der Waals surface area contributed by atoms with Crippen LogP contribution in [0.25, 0.3) is 0 Å². The van der Waals surface area contributed by atoms with Crippen molar-refractivity contribution in [1.29, 1.82) is 0 Å². The minimum atomic E-state index is -4.95. The van der Waals surface area contributed by atoms with Crippen LogP contribution in [-0.4, -0.2) is 31.9 Å². The van der Waals surface area contributed by atoms with Gasteiger partial charge in [-0.3, -0.25) is 19.1 Å². The normalized spacial score (nSPS) is 11.9. The summed E-state index contributed by atoms with van der Waals surface area (Å²) in [7, 11) is 3.20. The zero-order chi connectivity index (χ0) is 27.2. The number of Topliss-reactive ketones (excluding diaryl/α,β-unsaturated/α-hetero) is 1. The number of nitrogens with one attached hydrogen (secondary N) is 2. The van der Waals surface area contributed by atoms with Gasteiger partial charge in [0.25, 0.3) is 17.6 Å². The number of amides is 2. The first-order valence-electron chi connectivity index (χ1n) is 10.7. The van der Waals surface area contributed by atoms with Crippen molar-refractivity contribution in [2.75, 3.05) is 5.32 Å². The predicted molar refractivity (Wildman–Crippen MR) is 123 cm³/mol. The third kappa shape index (κ3) is 5.02. The third-order valence-corrected chi connectivity index (χ3v) is 5.96. The van der Waals surface area contributed by atoms with Crippen LogP contribution >= 0.6 is 0 Å². The molecule has 2 aromatic heterocycles. The minimum Gasteiger partial charge on any atom is -0.343 e. The van der Waals surface area contributed by atoms with Crippen molar-refractivity contribution < 1.29 is 31.9 Å². The van der Waals surface area contributed by atoms with E-state index < -0.39 is 40.7 Å². The average Bonchev–Trinajstić information content (AvgIpc) is 3.29. The molecule has 36 heavy (non-hydrogen) atoms. The Kier molecular flexibility index (Phi) is 6.84. The van der Waals surface area contributed by atoms with Crippen LogP contribution in [0.15, 0.2) is 30.6 Å². The molecule has 0 fully saturated rings. The van der Waals surface area contributed by atoms with Gasteiger partial charge >= 0.3 is 6.18 Å². The molecule has 0 atom stereocenters. The van der Waals surface area contributed by atoms with Crippen LogP contribution in [0, 0.1) is 19.7 Å². The summed E-state index contributed by atoms with van der Waals surface area (Å²) in [6, 6.07) is 2.08. The molecule has 12 heteroatoms. The van der Waals surface area contributed by atoms with Gasteiger partial charge in [0, 0.05) is 37.2 Å². The number of carbonyl (C=O) groups is 3. The molecule has 3 rings (SSSR count). The van der Waals surface area contributed by atoms with E-state index >= 15 is 0 Å². The number of halogens is 4. The van der Waals surface area contributed by atoms with E-state index in [-0.39, 0.29) is 22.5 Å². The lowest BCUT2D eigenvalue weighted by atomic mass is 9.96. The lowest BCUT2D eigenvalue weighted by molar-refractivity contribution is -0.140. The molecule has 0 radical (unpaired) electrons. The smallest absolute Gasteiger partial charge is 0.343 e. The average molecular weight is 507 g/mol. The van der Waals surface area contributed by atoms with E-state index in [0.717, 1.165) is 6.07 Å².